The van der Waals surface area contributed by atoms with Crippen LogP contribution in [0.15, 0.2) is 12.1 Å². The number of halogens is 1. The summed E-state index contributed by atoms with van der Waals surface area (Å²) in [7, 11) is 0. The molecule has 6 nitrogen and oxygen atoms in total. The lowest BCUT2D eigenvalue weighted by Gasteiger charge is -2.24. The predicted octanol–water partition coefficient (Wildman–Crippen LogP) is 1.16. The van der Waals surface area contributed by atoms with Crippen molar-refractivity contribution in [1.29, 1.82) is 0 Å². The maximum atomic E-state index is 14.1. The SMILES string of the molecule is CC(=O)N1CCCN(c2cc(C(=O)O)c(N)cc2F)CC1. The number of nitrogens with two attached hydrogens (primary N) is 1. The van der Waals surface area contributed by atoms with Gasteiger partial charge in [0.2, 0.25) is 5.91 Å². The van der Waals surface area contributed by atoms with Crippen molar-refractivity contribution in [3.05, 3.63) is 23.5 Å². The number of carboxylic acid groups (broad SMARTS) is 1. The highest BCUT2D eigenvalue weighted by molar-refractivity contribution is 5.95. The smallest absolute Gasteiger partial charge is 0.337 e. The van der Waals surface area contributed by atoms with Crippen LogP contribution >= 0.6 is 0 Å². The van der Waals surface area contributed by atoms with Crippen molar-refractivity contribution in [2.45, 2.75) is 13.3 Å². The van der Waals surface area contributed by atoms with Crippen LogP contribution in [-0.2, 0) is 4.79 Å². The average Bonchev–Trinajstić information content (AvgIpc) is 2.64. The molecule has 1 aliphatic heterocycles. The quantitative estimate of drug-likeness (QED) is 0.800. The highest BCUT2D eigenvalue weighted by Gasteiger charge is 2.21. The third-order valence-electron chi connectivity index (χ3n) is 3.63. The van der Waals surface area contributed by atoms with Gasteiger partial charge in [-0.05, 0) is 18.6 Å². The van der Waals surface area contributed by atoms with Crippen LogP contribution in [0.1, 0.15) is 23.7 Å². The number of hydrogen-bond acceptors (Lipinski definition) is 4. The second-order valence-electron chi connectivity index (χ2n) is 5.04. The first-order chi connectivity index (χ1) is 9.90. The van der Waals surface area contributed by atoms with Crippen molar-refractivity contribution in [3.8, 4) is 0 Å². The molecule has 0 radical (unpaired) electrons. The summed E-state index contributed by atoms with van der Waals surface area (Å²) in [5.41, 5.74) is 5.53. The van der Waals surface area contributed by atoms with E-state index in [1.165, 1.54) is 13.0 Å². The van der Waals surface area contributed by atoms with Crippen LogP contribution in [0, 0.1) is 5.82 Å². The minimum absolute atomic E-state index is 0.0131. The summed E-state index contributed by atoms with van der Waals surface area (Å²) in [6.07, 6.45) is 0.700. The van der Waals surface area contributed by atoms with E-state index >= 15 is 0 Å². The normalized spacial score (nSPS) is 15.7. The summed E-state index contributed by atoms with van der Waals surface area (Å²) in [5.74, 6) is -1.75. The van der Waals surface area contributed by atoms with E-state index in [-0.39, 0.29) is 22.8 Å². The second kappa shape index (κ2) is 5.99. The Morgan fingerprint density at radius 3 is 2.57 bits per heavy atom. The van der Waals surface area contributed by atoms with Crippen molar-refractivity contribution in [3.63, 3.8) is 0 Å². The van der Waals surface area contributed by atoms with Gasteiger partial charge >= 0.3 is 5.97 Å². The van der Waals surface area contributed by atoms with Gasteiger partial charge in [0.05, 0.1) is 11.3 Å². The molecule has 1 aliphatic rings. The number of rotatable bonds is 2. The van der Waals surface area contributed by atoms with Crippen LogP contribution in [0.4, 0.5) is 15.8 Å². The molecule has 1 amide bonds. The van der Waals surface area contributed by atoms with Gasteiger partial charge in [0.15, 0.2) is 0 Å². The molecule has 0 aromatic heterocycles. The molecule has 2 rings (SSSR count). The molecule has 7 heteroatoms. The van der Waals surface area contributed by atoms with E-state index in [1.807, 2.05) is 0 Å². The highest BCUT2D eigenvalue weighted by Crippen LogP contribution is 2.26. The summed E-state index contributed by atoms with van der Waals surface area (Å²) in [6.45, 7) is 3.63. The predicted molar refractivity (Wildman–Crippen MR) is 76.9 cm³/mol. The molecule has 1 aromatic carbocycles. The Morgan fingerprint density at radius 1 is 1.24 bits per heavy atom. The summed E-state index contributed by atoms with van der Waals surface area (Å²) in [4.78, 5) is 25.9. The lowest BCUT2D eigenvalue weighted by Crippen LogP contribution is -2.34. The number of amides is 1. The Labute approximate surface area is 121 Å². The molecular weight excluding hydrogens is 277 g/mol. The van der Waals surface area contributed by atoms with Crippen molar-refractivity contribution in [1.82, 2.24) is 4.90 Å². The van der Waals surface area contributed by atoms with Gasteiger partial charge in [0, 0.05) is 38.8 Å². The number of anilines is 2. The second-order valence-corrected chi connectivity index (χ2v) is 5.04. The highest BCUT2D eigenvalue weighted by atomic mass is 19.1. The van der Waals surface area contributed by atoms with Crippen molar-refractivity contribution >= 4 is 23.3 Å². The largest absolute Gasteiger partial charge is 0.478 e. The molecule has 21 heavy (non-hydrogen) atoms. The topological polar surface area (TPSA) is 86.9 Å². The number of benzene rings is 1. The number of aromatic carboxylic acids is 1. The van der Waals surface area contributed by atoms with Gasteiger partial charge in [-0.25, -0.2) is 9.18 Å². The Kier molecular flexibility index (Phi) is 4.30. The van der Waals surface area contributed by atoms with Gasteiger partial charge in [-0.1, -0.05) is 0 Å². The molecule has 0 bridgehead atoms. The van der Waals surface area contributed by atoms with Crippen LogP contribution in [0.5, 0.6) is 0 Å². The molecule has 1 aromatic rings. The molecular formula is C14H18FN3O3. The maximum Gasteiger partial charge on any atom is 0.337 e. The number of carbonyl (C=O) groups is 2. The molecule has 0 saturated carbocycles. The zero-order valence-corrected chi connectivity index (χ0v) is 11.8. The van der Waals surface area contributed by atoms with Gasteiger partial charge in [-0.15, -0.1) is 0 Å². The van der Waals surface area contributed by atoms with E-state index in [4.69, 9.17) is 10.8 Å². The molecule has 0 aliphatic carbocycles. The fourth-order valence-electron chi connectivity index (χ4n) is 2.48. The molecule has 0 unspecified atom stereocenters. The third kappa shape index (κ3) is 3.24. The lowest BCUT2D eigenvalue weighted by atomic mass is 10.1. The zero-order valence-electron chi connectivity index (χ0n) is 11.8. The standard InChI is InChI=1S/C14H18FN3O3/c1-9(19)17-3-2-4-18(6-5-17)13-7-10(14(20)21)12(16)8-11(13)15/h7-8H,2-6,16H2,1H3,(H,20,21). The Morgan fingerprint density at radius 2 is 1.95 bits per heavy atom. The number of hydrogen-bond donors (Lipinski definition) is 2. The molecule has 0 spiro atoms. The number of nitrogen functional groups attached to an aromatic ring is 1. The minimum atomic E-state index is -1.19. The van der Waals surface area contributed by atoms with Gasteiger partial charge < -0.3 is 20.6 Å². The van der Waals surface area contributed by atoms with Crippen molar-refractivity contribution in [2.24, 2.45) is 0 Å². The fourth-order valence-corrected chi connectivity index (χ4v) is 2.48. The van der Waals surface area contributed by atoms with Gasteiger partial charge in [-0.3, -0.25) is 4.79 Å². The first kappa shape index (κ1) is 15.1. The average molecular weight is 295 g/mol. The summed E-state index contributed by atoms with van der Waals surface area (Å²) in [6, 6.07) is 2.29. The van der Waals surface area contributed by atoms with E-state index in [2.05, 4.69) is 0 Å². The van der Waals surface area contributed by atoms with Gasteiger partial charge in [0.1, 0.15) is 5.82 Å². The number of carbonyl (C=O) groups excluding carboxylic acids is 1. The van der Waals surface area contributed by atoms with Gasteiger partial charge in [0.25, 0.3) is 0 Å². The number of nitrogens with zero attached hydrogens (tertiary/aromatic N) is 2. The Bertz CT molecular complexity index is 577. The van der Waals surface area contributed by atoms with Crippen LogP contribution in [0.3, 0.4) is 0 Å². The van der Waals surface area contributed by atoms with E-state index in [0.29, 0.717) is 32.6 Å². The first-order valence-electron chi connectivity index (χ1n) is 6.73. The third-order valence-corrected chi connectivity index (χ3v) is 3.63. The summed E-state index contributed by atoms with van der Waals surface area (Å²) >= 11 is 0. The minimum Gasteiger partial charge on any atom is -0.478 e. The van der Waals surface area contributed by atoms with E-state index in [0.717, 1.165) is 6.07 Å². The molecule has 1 fully saturated rings. The summed E-state index contributed by atoms with van der Waals surface area (Å²) in [5, 5.41) is 9.08. The molecule has 0 atom stereocenters. The van der Waals surface area contributed by atoms with Crippen LogP contribution in [-0.4, -0.2) is 48.1 Å². The van der Waals surface area contributed by atoms with E-state index in [9.17, 15) is 14.0 Å². The Balaban J connectivity index is 2.27. The molecule has 1 saturated heterocycles. The van der Waals surface area contributed by atoms with Crippen LogP contribution in [0.2, 0.25) is 0 Å². The van der Waals surface area contributed by atoms with Crippen LogP contribution in [0.25, 0.3) is 0 Å². The fraction of sp³-hybridized carbons (Fsp3) is 0.429. The molecule has 3 N–H and O–H groups in total. The maximum absolute atomic E-state index is 14.1. The molecule has 114 valence electrons. The first-order valence-corrected chi connectivity index (χ1v) is 6.73. The van der Waals surface area contributed by atoms with Gasteiger partial charge in [-0.2, -0.15) is 0 Å². The zero-order chi connectivity index (χ0) is 15.6. The monoisotopic (exact) mass is 295 g/mol. The molecule has 1 heterocycles. The lowest BCUT2D eigenvalue weighted by molar-refractivity contribution is -0.128. The van der Waals surface area contributed by atoms with E-state index < -0.39 is 11.8 Å². The summed E-state index contributed by atoms with van der Waals surface area (Å²) < 4.78 is 14.1. The van der Waals surface area contributed by atoms with Crippen LogP contribution < -0.4 is 10.6 Å². The van der Waals surface area contributed by atoms with Crippen molar-refractivity contribution < 1.29 is 19.1 Å². The number of carboxylic acids is 1. The van der Waals surface area contributed by atoms with E-state index in [1.54, 1.807) is 9.80 Å². The van der Waals surface area contributed by atoms with Crippen molar-refractivity contribution in [2.75, 3.05) is 36.8 Å². The Hall–Kier alpha value is -2.31.